The second-order valence-electron chi connectivity index (χ2n) is 8.07. The third-order valence-electron chi connectivity index (χ3n) is 5.75. The maximum atomic E-state index is 4.52. The van der Waals surface area contributed by atoms with Gasteiger partial charge in [-0.2, -0.15) is 0 Å². The molecule has 36 heavy (non-hydrogen) atoms. The van der Waals surface area contributed by atoms with E-state index in [0.717, 1.165) is 30.7 Å². The van der Waals surface area contributed by atoms with E-state index in [1.165, 1.54) is 38.4 Å². The first-order valence-corrected chi connectivity index (χ1v) is 13.7. The molecule has 0 aromatic heterocycles. The van der Waals surface area contributed by atoms with E-state index in [2.05, 4.69) is 98.3 Å². The number of nitrogens with one attached hydrogen (secondary N) is 1. The van der Waals surface area contributed by atoms with Crippen molar-refractivity contribution >= 4 is 23.2 Å². The van der Waals surface area contributed by atoms with Crippen LogP contribution in [0.2, 0.25) is 0 Å². The molecule has 0 atom stereocenters. The number of rotatable bonds is 9. The lowest BCUT2D eigenvalue weighted by Gasteiger charge is -2.16. The Bertz CT molecular complexity index is 1120. The first kappa shape index (κ1) is 31.0. The summed E-state index contributed by atoms with van der Waals surface area (Å²) >= 11 is 1.68. The zero-order chi connectivity index (χ0) is 26.9. The lowest BCUT2D eigenvalue weighted by atomic mass is 9.93. The fourth-order valence-electron chi connectivity index (χ4n) is 3.54. The minimum Gasteiger partial charge on any atom is -0.327 e. The minimum atomic E-state index is 0.746. The van der Waals surface area contributed by atoms with E-state index in [0.29, 0.717) is 0 Å². The third-order valence-corrected chi connectivity index (χ3v) is 6.68. The van der Waals surface area contributed by atoms with E-state index in [1.54, 1.807) is 18.0 Å². The lowest BCUT2D eigenvalue weighted by molar-refractivity contribution is 1.07. The van der Waals surface area contributed by atoms with Crippen LogP contribution in [-0.2, 0) is 6.42 Å². The summed E-state index contributed by atoms with van der Waals surface area (Å²) in [6.07, 6.45) is 11.7. The number of hydrogen-bond acceptors (Lipinski definition) is 3. The van der Waals surface area contributed by atoms with Gasteiger partial charge in [-0.25, -0.2) is 0 Å². The summed E-state index contributed by atoms with van der Waals surface area (Å²) in [5.74, 6) is 0. The smallest absolute Gasteiger partial charge is 0.0801 e. The summed E-state index contributed by atoms with van der Waals surface area (Å²) in [7, 11) is 0. The Balaban J connectivity index is 0.000000826. The molecule has 2 nitrogen and oxygen atoms in total. The molecule has 1 aliphatic rings. The van der Waals surface area contributed by atoms with Crippen molar-refractivity contribution in [3.8, 4) is 11.1 Å². The minimum absolute atomic E-state index is 0.746. The first-order chi connectivity index (χ1) is 17.5. The number of allylic oxidation sites excluding steroid dienone is 7. The molecular weight excluding hydrogens is 456 g/mol. The van der Waals surface area contributed by atoms with Gasteiger partial charge in [0, 0.05) is 16.3 Å². The van der Waals surface area contributed by atoms with Crippen LogP contribution in [0.5, 0.6) is 0 Å². The number of aliphatic imine (C=N–C) groups is 1. The van der Waals surface area contributed by atoms with Crippen LogP contribution < -0.4 is 4.72 Å². The lowest BCUT2D eigenvalue weighted by Crippen LogP contribution is -2.07. The SMILES string of the molecule is C=C(C/C=C\C)c1ccc(-c2ccccc2SNC2=C(C)C(C)=NC2)c(CC)c1.C=C/C=C\C.CC. The second kappa shape index (κ2) is 17.4. The van der Waals surface area contributed by atoms with Gasteiger partial charge in [-0.3, -0.25) is 4.99 Å². The maximum Gasteiger partial charge on any atom is 0.0801 e. The maximum absolute atomic E-state index is 4.52. The van der Waals surface area contributed by atoms with Crippen molar-refractivity contribution in [2.24, 2.45) is 4.99 Å². The summed E-state index contributed by atoms with van der Waals surface area (Å²) in [5, 5.41) is 0. The quantitative estimate of drug-likeness (QED) is 0.210. The van der Waals surface area contributed by atoms with Gasteiger partial charge in [0.1, 0.15) is 0 Å². The van der Waals surface area contributed by atoms with E-state index >= 15 is 0 Å². The molecule has 2 aromatic rings. The predicted molar refractivity (Wildman–Crippen MR) is 166 cm³/mol. The fourth-order valence-corrected chi connectivity index (χ4v) is 4.43. The van der Waals surface area contributed by atoms with Crippen LogP contribution in [0.1, 0.15) is 66.0 Å². The predicted octanol–water partition coefficient (Wildman–Crippen LogP) is 10.0. The van der Waals surface area contributed by atoms with Gasteiger partial charge in [0.2, 0.25) is 0 Å². The van der Waals surface area contributed by atoms with Gasteiger partial charge in [-0.15, -0.1) is 0 Å². The number of nitrogens with zero attached hydrogens (tertiary/aromatic N) is 1. The van der Waals surface area contributed by atoms with Crippen molar-refractivity contribution in [1.29, 1.82) is 0 Å². The number of hydrogen-bond donors (Lipinski definition) is 1. The summed E-state index contributed by atoms with van der Waals surface area (Å²) < 4.78 is 3.54. The Hall–Kier alpha value is -3.04. The summed E-state index contributed by atoms with van der Waals surface area (Å²) in [6.45, 7) is 22.9. The highest BCUT2D eigenvalue weighted by Crippen LogP contribution is 2.35. The van der Waals surface area contributed by atoms with Crippen molar-refractivity contribution < 1.29 is 0 Å². The Kier molecular flexibility index (Phi) is 15.0. The molecule has 0 unspecified atom stereocenters. The van der Waals surface area contributed by atoms with Crippen LogP contribution >= 0.6 is 11.9 Å². The molecule has 2 aromatic carbocycles. The monoisotopic (exact) mass is 500 g/mol. The van der Waals surface area contributed by atoms with Gasteiger partial charge in [0.25, 0.3) is 0 Å². The van der Waals surface area contributed by atoms with Crippen LogP contribution in [0.15, 0.2) is 107 Å². The highest BCUT2D eigenvalue weighted by Gasteiger charge is 2.14. The van der Waals surface area contributed by atoms with E-state index in [9.17, 15) is 0 Å². The van der Waals surface area contributed by atoms with Gasteiger partial charge in [-0.05, 0) is 92.0 Å². The average molecular weight is 501 g/mol. The molecule has 0 saturated heterocycles. The Labute approximate surface area is 224 Å². The Morgan fingerprint density at radius 2 is 1.78 bits per heavy atom. The molecule has 3 rings (SSSR count). The summed E-state index contributed by atoms with van der Waals surface area (Å²) in [6, 6.07) is 15.4. The van der Waals surface area contributed by atoms with Gasteiger partial charge in [0.05, 0.1) is 6.54 Å². The Morgan fingerprint density at radius 1 is 1.06 bits per heavy atom. The zero-order valence-electron chi connectivity index (χ0n) is 23.3. The van der Waals surface area contributed by atoms with E-state index in [-0.39, 0.29) is 0 Å². The Morgan fingerprint density at radius 3 is 2.33 bits per heavy atom. The molecule has 1 N–H and O–H groups in total. The molecule has 1 heterocycles. The standard InChI is InChI=1S/C26H30N2S.C5H8.C2H6/c1-6-8-11-18(3)22-14-15-23(21(7-2)16-22)24-12-9-10-13-26(24)29-28-25-17-27-20(5)19(25)4;1-3-5-4-2;1-2/h6,8-10,12-16,28H,3,7,11,17H2,1-2,4-5H3;3-5H,1H2,2H3;1-2H3/b8-6-;5-4-;. The highest BCUT2D eigenvalue weighted by atomic mass is 32.2. The van der Waals surface area contributed by atoms with Crippen LogP contribution in [0.3, 0.4) is 0 Å². The van der Waals surface area contributed by atoms with Gasteiger partial charge >= 0.3 is 0 Å². The highest BCUT2D eigenvalue weighted by molar-refractivity contribution is 7.97. The van der Waals surface area contributed by atoms with Crippen LogP contribution in [0.25, 0.3) is 16.7 Å². The van der Waals surface area contributed by atoms with Gasteiger partial charge < -0.3 is 4.72 Å². The molecule has 0 amide bonds. The van der Waals surface area contributed by atoms with Crippen LogP contribution in [0.4, 0.5) is 0 Å². The molecule has 0 spiro atoms. The molecule has 0 bridgehead atoms. The number of aryl methyl sites for hydroxylation is 1. The van der Waals surface area contributed by atoms with Crippen molar-refractivity contribution in [3.63, 3.8) is 0 Å². The molecule has 0 radical (unpaired) electrons. The zero-order valence-corrected chi connectivity index (χ0v) is 24.1. The van der Waals surface area contributed by atoms with E-state index in [4.69, 9.17) is 0 Å². The van der Waals surface area contributed by atoms with E-state index < -0.39 is 0 Å². The van der Waals surface area contributed by atoms with Gasteiger partial charge in [-0.1, -0.05) is 101 Å². The summed E-state index contributed by atoms with van der Waals surface area (Å²) in [4.78, 5) is 5.75. The third kappa shape index (κ3) is 9.20. The van der Waals surface area contributed by atoms with Crippen molar-refractivity contribution in [3.05, 3.63) is 108 Å². The second-order valence-corrected chi connectivity index (χ2v) is 8.92. The average Bonchev–Trinajstić information content (AvgIpc) is 3.24. The molecular formula is C33H44N2S. The normalized spacial score (nSPS) is 12.6. The molecule has 0 fully saturated rings. The van der Waals surface area contributed by atoms with E-state index in [1.807, 2.05) is 39.8 Å². The van der Waals surface area contributed by atoms with Crippen molar-refractivity contribution in [2.45, 2.75) is 66.2 Å². The first-order valence-electron chi connectivity index (χ1n) is 12.9. The molecule has 1 aliphatic heterocycles. The largest absolute Gasteiger partial charge is 0.327 e. The fraction of sp³-hybridized carbons (Fsp3) is 0.303. The van der Waals surface area contributed by atoms with Crippen LogP contribution in [0, 0.1) is 0 Å². The summed E-state index contributed by atoms with van der Waals surface area (Å²) in [5.41, 5.74) is 9.89. The van der Waals surface area contributed by atoms with Gasteiger partial charge in [0.15, 0.2) is 0 Å². The van der Waals surface area contributed by atoms with Crippen molar-refractivity contribution in [2.75, 3.05) is 6.54 Å². The van der Waals surface area contributed by atoms with Crippen LogP contribution in [-0.4, -0.2) is 12.3 Å². The molecule has 192 valence electrons. The molecule has 0 aliphatic carbocycles. The topological polar surface area (TPSA) is 24.4 Å². The van der Waals surface area contributed by atoms with Crippen molar-refractivity contribution in [1.82, 2.24) is 4.72 Å². The molecule has 3 heteroatoms. The molecule has 0 saturated carbocycles. The number of benzene rings is 2.